The van der Waals surface area contributed by atoms with E-state index in [1.54, 1.807) is 17.8 Å². The van der Waals surface area contributed by atoms with E-state index < -0.39 is 0 Å². The minimum atomic E-state index is 0.0174. The van der Waals surface area contributed by atoms with Gasteiger partial charge in [-0.1, -0.05) is 18.2 Å². The van der Waals surface area contributed by atoms with Crippen molar-refractivity contribution in [2.24, 2.45) is 5.92 Å². The first-order chi connectivity index (χ1) is 16.5. The number of carbonyl (C=O) groups excluding carboxylic acids is 1. The SMILES string of the molecule is CON(C)C(=O)CC1CCC(c2nc3c(-c4cnc5ccccc5c4)cnn3c(N)c2Br)CC1. The predicted molar refractivity (Wildman–Crippen MR) is 135 cm³/mol. The van der Waals surface area contributed by atoms with E-state index in [0.29, 0.717) is 18.2 Å². The molecular weight excluding hydrogens is 496 g/mol. The smallest absolute Gasteiger partial charge is 0.246 e. The number of nitrogen functional groups attached to an aromatic ring is 1. The quantitative estimate of drug-likeness (QED) is 0.371. The third-order valence-corrected chi connectivity index (χ3v) is 7.68. The van der Waals surface area contributed by atoms with Crippen LogP contribution in [0, 0.1) is 5.92 Å². The number of pyridine rings is 1. The number of benzene rings is 1. The molecule has 1 aliphatic carbocycles. The fraction of sp³-hybridized carbons (Fsp3) is 0.360. The molecule has 34 heavy (non-hydrogen) atoms. The van der Waals surface area contributed by atoms with Crippen LogP contribution >= 0.6 is 15.9 Å². The van der Waals surface area contributed by atoms with Crippen molar-refractivity contribution in [2.75, 3.05) is 19.9 Å². The summed E-state index contributed by atoms with van der Waals surface area (Å²) in [6.07, 6.45) is 8.01. The van der Waals surface area contributed by atoms with E-state index in [0.717, 1.165) is 63.5 Å². The molecule has 8 nitrogen and oxygen atoms in total. The summed E-state index contributed by atoms with van der Waals surface area (Å²) in [6.45, 7) is 0. The zero-order valence-electron chi connectivity index (χ0n) is 19.2. The molecule has 9 heteroatoms. The molecule has 1 aromatic carbocycles. The highest BCUT2D eigenvalue weighted by Crippen LogP contribution is 2.41. The third-order valence-electron chi connectivity index (χ3n) is 6.87. The lowest BCUT2D eigenvalue weighted by atomic mass is 9.79. The standard InChI is InChI=1S/C25H27BrN6O2/c1-31(34-2)21(33)11-15-7-9-16(10-8-15)23-22(26)24(27)32-25(30-23)19(14-29-32)18-12-17-5-3-4-6-20(17)28-13-18/h3-6,12-16H,7-11,27H2,1-2H3. The van der Waals surface area contributed by atoms with Crippen molar-refractivity contribution in [3.8, 4) is 11.1 Å². The third kappa shape index (κ3) is 4.14. The van der Waals surface area contributed by atoms with Crippen molar-refractivity contribution >= 4 is 44.2 Å². The first kappa shape index (κ1) is 22.7. The Hall–Kier alpha value is -3.04. The molecule has 1 fully saturated rings. The number of rotatable bonds is 5. The van der Waals surface area contributed by atoms with Crippen molar-refractivity contribution < 1.29 is 9.63 Å². The van der Waals surface area contributed by atoms with Gasteiger partial charge in [0.1, 0.15) is 5.82 Å². The van der Waals surface area contributed by atoms with Crippen LogP contribution in [-0.2, 0) is 9.63 Å². The fourth-order valence-corrected chi connectivity index (χ4v) is 5.40. The molecule has 1 aliphatic rings. The van der Waals surface area contributed by atoms with Crippen molar-refractivity contribution in [2.45, 2.75) is 38.0 Å². The van der Waals surface area contributed by atoms with Crippen LogP contribution in [0.1, 0.15) is 43.7 Å². The van der Waals surface area contributed by atoms with E-state index in [4.69, 9.17) is 15.6 Å². The van der Waals surface area contributed by atoms with Gasteiger partial charge >= 0.3 is 0 Å². The number of aromatic nitrogens is 4. The van der Waals surface area contributed by atoms with Gasteiger partial charge in [-0.2, -0.15) is 9.61 Å². The summed E-state index contributed by atoms with van der Waals surface area (Å²) in [4.78, 5) is 26.9. The van der Waals surface area contributed by atoms with Crippen LogP contribution in [0.5, 0.6) is 0 Å². The maximum atomic E-state index is 12.2. The summed E-state index contributed by atoms with van der Waals surface area (Å²) in [5.41, 5.74) is 11.0. The Labute approximate surface area is 206 Å². The van der Waals surface area contributed by atoms with E-state index in [9.17, 15) is 4.79 Å². The number of amides is 1. The first-order valence-corrected chi connectivity index (χ1v) is 12.2. The lowest BCUT2D eigenvalue weighted by Gasteiger charge is -2.29. The molecule has 0 saturated heterocycles. The van der Waals surface area contributed by atoms with Gasteiger partial charge in [0.05, 0.1) is 29.0 Å². The van der Waals surface area contributed by atoms with Gasteiger partial charge in [0, 0.05) is 42.1 Å². The molecule has 0 bridgehead atoms. The van der Waals surface area contributed by atoms with Gasteiger partial charge in [-0.15, -0.1) is 0 Å². The number of nitrogens with two attached hydrogens (primary N) is 1. The summed E-state index contributed by atoms with van der Waals surface area (Å²) in [6, 6.07) is 10.1. The van der Waals surface area contributed by atoms with Crippen molar-refractivity contribution in [1.82, 2.24) is 24.6 Å². The number of hydroxylamine groups is 2. The number of para-hydroxylation sites is 1. The van der Waals surface area contributed by atoms with E-state index in [-0.39, 0.29) is 11.8 Å². The molecule has 1 saturated carbocycles. The highest BCUT2D eigenvalue weighted by Gasteiger charge is 2.29. The number of carbonyl (C=O) groups is 1. The Balaban J connectivity index is 1.44. The Morgan fingerprint density at radius 2 is 2.00 bits per heavy atom. The maximum Gasteiger partial charge on any atom is 0.246 e. The summed E-state index contributed by atoms with van der Waals surface area (Å²) < 4.78 is 2.48. The molecule has 1 amide bonds. The van der Waals surface area contributed by atoms with E-state index in [1.807, 2.05) is 24.4 Å². The molecule has 4 aromatic rings. The molecular formula is C25H27BrN6O2. The molecule has 0 atom stereocenters. The second-order valence-corrected chi connectivity index (χ2v) is 9.70. The zero-order chi connectivity index (χ0) is 23.8. The van der Waals surface area contributed by atoms with Crippen LogP contribution in [0.25, 0.3) is 27.7 Å². The summed E-state index contributed by atoms with van der Waals surface area (Å²) in [7, 11) is 3.17. The van der Waals surface area contributed by atoms with Gasteiger partial charge in [-0.05, 0) is 59.7 Å². The molecule has 0 unspecified atom stereocenters. The minimum Gasteiger partial charge on any atom is -0.383 e. The maximum absolute atomic E-state index is 12.2. The largest absolute Gasteiger partial charge is 0.383 e. The van der Waals surface area contributed by atoms with Gasteiger partial charge in [0.25, 0.3) is 0 Å². The Bertz CT molecular complexity index is 1360. The van der Waals surface area contributed by atoms with Crippen LogP contribution in [-0.4, -0.2) is 44.7 Å². The van der Waals surface area contributed by atoms with Crippen LogP contribution in [0.15, 0.2) is 47.2 Å². The summed E-state index contributed by atoms with van der Waals surface area (Å²) in [5.74, 6) is 1.18. The van der Waals surface area contributed by atoms with Gasteiger partial charge < -0.3 is 5.73 Å². The second kappa shape index (κ2) is 9.31. The molecule has 0 aliphatic heterocycles. The number of anilines is 1. The first-order valence-electron chi connectivity index (χ1n) is 11.4. The number of fused-ring (bicyclic) bond motifs is 2. The minimum absolute atomic E-state index is 0.0174. The number of nitrogens with zero attached hydrogens (tertiary/aromatic N) is 5. The molecule has 0 radical (unpaired) electrons. The Kier molecular flexibility index (Phi) is 6.22. The second-order valence-electron chi connectivity index (χ2n) is 8.90. The Morgan fingerprint density at radius 3 is 2.76 bits per heavy atom. The molecule has 176 valence electrons. The topological polar surface area (TPSA) is 98.6 Å². The Morgan fingerprint density at radius 1 is 1.24 bits per heavy atom. The van der Waals surface area contributed by atoms with Gasteiger partial charge in [0.15, 0.2) is 5.65 Å². The van der Waals surface area contributed by atoms with Crippen molar-refractivity contribution in [1.29, 1.82) is 0 Å². The number of halogens is 1. The number of hydrogen-bond donors (Lipinski definition) is 1. The molecule has 3 heterocycles. The lowest BCUT2D eigenvalue weighted by Crippen LogP contribution is -2.28. The molecule has 5 rings (SSSR count). The van der Waals surface area contributed by atoms with Crippen LogP contribution < -0.4 is 5.73 Å². The molecule has 2 N–H and O–H groups in total. The van der Waals surface area contributed by atoms with Crippen LogP contribution in [0.4, 0.5) is 5.82 Å². The summed E-state index contributed by atoms with van der Waals surface area (Å²) >= 11 is 3.68. The highest BCUT2D eigenvalue weighted by molar-refractivity contribution is 9.10. The number of hydrogen-bond acceptors (Lipinski definition) is 6. The van der Waals surface area contributed by atoms with Crippen LogP contribution in [0.3, 0.4) is 0 Å². The van der Waals surface area contributed by atoms with Gasteiger partial charge in [-0.25, -0.2) is 10.0 Å². The van der Waals surface area contributed by atoms with Crippen LogP contribution in [0.2, 0.25) is 0 Å². The van der Waals surface area contributed by atoms with Gasteiger partial charge in [-0.3, -0.25) is 14.6 Å². The van der Waals surface area contributed by atoms with Crippen molar-refractivity contribution in [3.05, 3.63) is 52.9 Å². The predicted octanol–water partition coefficient (Wildman–Crippen LogP) is 4.97. The molecule has 0 spiro atoms. The molecule has 3 aromatic heterocycles. The lowest BCUT2D eigenvalue weighted by molar-refractivity contribution is -0.169. The average Bonchev–Trinajstić information content (AvgIpc) is 3.30. The van der Waals surface area contributed by atoms with Crippen molar-refractivity contribution in [3.63, 3.8) is 0 Å². The summed E-state index contributed by atoms with van der Waals surface area (Å²) in [5, 5.41) is 6.88. The monoisotopic (exact) mass is 522 g/mol. The van der Waals surface area contributed by atoms with E-state index >= 15 is 0 Å². The average molecular weight is 523 g/mol. The normalized spacial score (nSPS) is 18.4. The zero-order valence-corrected chi connectivity index (χ0v) is 20.8. The van der Waals surface area contributed by atoms with E-state index in [2.05, 4.69) is 38.1 Å². The van der Waals surface area contributed by atoms with Gasteiger partial charge in [0.2, 0.25) is 5.91 Å². The van der Waals surface area contributed by atoms with E-state index in [1.165, 1.54) is 12.2 Å². The fourth-order valence-electron chi connectivity index (χ4n) is 4.82. The highest BCUT2D eigenvalue weighted by atomic mass is 79.9.